The van der Waals surface area contributed by atoms with Crippen LogP contribution >= 0.6 is 11.6 Å². The molecule has 0 amide bonds. The van der Waals surface area contributed by atoms with Gasteiger partial charge in [-0.1, -0.05) is 60.1 Å². The molecule has 0 N–H and O–H groups in total. The molecular formula is C24H17ClFN3O. The molecule has 0 saturated carbocycles. The van der Waals surface area contributed by atoms with Gasteiger partial charge >= 0.3 is 0 Å². The fourth-order valence-corrected chi connectivity index (χ4v) is 4.02. The van der Waals surface area contributed by atoms with E-state index in [1.165, 1.54) is 18.5 Å². The van der Waals surface area contributed by atoms with Gasteiger partial charge in [0.15, 0.2) is 0 Å². The first-order chi connectivity index (χ1) is 14.6. The van der Waals surface area contributed by atoms with E-state index < -0.39 is 0 Å². The molecule has 3 aromatic carbocycles. The molecule has 0 bridgehead atoms. The molecule has 4 nitrogen and oxygen atoms in total. The highest BCUT2D eigenvalue weighted by Gasteiger charge is 2.18. The van der Waals surface area contributed by atoms with Crippen LogP contribution in [0.25, 0.3) is 21.9 Å². The van der Waals surface area contributed by atoms with Crippen LogP contribution in [0.5, 0.6) is 0 Å². The van der Waals surface area contributed by atoms with Crippen LogP contribution < -0.4 is 5.56 Å². The zero-order chi connectivity index (χ0) is 20.7. The Morgan fingerprint density at radius 2 is 1.70 bits per heavy atom. The maximum absolute atomic E-state index is 14.0. The fourth-order valence-electron chi connectivity index (χ4n) is 3.83. The molecular weight excluding hydrogens is 401 g/mol. The minimum Gasteiger partial charge on any atom is -0.330 e. The SMILES string of the molecule is O=c1c2c(ncn1Cc1ccccc1Cl)c1cc(F)ccc1n2Cc1ccccc1. The summed E-state index contributed by atoms with van der Waals surface area (Å²) in [6.45, 7) is 0.794. The van der Waals surface area contributed by atoms with Gasteiger partial charge in [0, 0.05) is 17.0 Å². The van der Waals surface area contributed by atoms with Crippen molar-refractivity contribution in [2.75, 3.05) is 0 Å². The molecule has 0 spiro atoms. The minimum atomic E-state index is -0.358. The molecule has 0 aliphatic rings. The van der Waals surface area contributed by atoms with Crippen molar-refractivity contribution in [3.63, 3.8) is 0 Å². The number of aromatic nitrogens is 3. The Bertz CT molecular complexity index is 1440. The first kappa shape index (κ1) is 18.6. The highest BCUT2D eigenvalue weighted by Crippen LogP contribution is 2.27. The van der Waals surface area contributed by atoms with Gasteiger partial charge in [0.2, 0.25) is 0 Å². The second kappa shape index (κ2) is 7.43. The molecule has 0 fully saturated rings. The Kier molecular flexibility index (Phi) is 4.60. The molecule has 6 heteroatoms. The number of nitrogens with zero attached hydrogens (tertiary/aromatic N) is 3. The highest BCUT2D eigenvalue weighted by molar-refractivity contribution is 6.31. The van der Waals surface area contributed by atoms with Crippen LogP contribution in [-0.2, 0) is 13.1 Å². The third kappa shape index (κ3) is 3.17. The third-order valence-corrected chi connectivity index (χ3v) is 5.64. The number of benzene rings is 3. The Labute approximate surface area is 176 Å². The first-order valence-electron chi connectivity index (χ1n) is 9.56. The second-order valence-corrected chi connectivity index (χ2v) is 7.61. The summed E-state index contributed by atoms with van der Waals surface area (Å²) in [5.41, 5.74) is 3.42. The topological polar surface area (TPSA) is 39.8 Å². The molecule has 0 aliphatic heterocycles. The molecule has 2 heterocycles. The van der Waals surface area contributed by atoms with Crippen LogP contribution in [0.2, 0.25) is 5.02 Å². The van der Waals surface area contributed by atoms with Crippen molar-refractivity contribution in [2.24, 2.45) is 0 Å². The largest absolute Gasteiger partial charge is 0.330 e. The van der Waals surface area contributed by atoms with Crippen LogP contribution in [0.3, 0.4) is 0 Å². The van der Waals surface area contributed by atoms with E-state index in [9.17, 15) is 9.18 Å². The van der Waals surface area contributed by atoms with Crippen LogP contribution in [0.1, 0.15) is 11.1 Å². The summed E-state index contributed by atoms with van der Waals surface area (Å²) < 4.78 is 17.4. The first-order valence-corrected chi connectivity index (χ1v) is 9.94. The average molecular weight is 418 g/mol. The van der Waals surface area contributed by atoms with Crippen LogP contribution in [0.4, 0.5) is 4.39 Å². The summed E-state index contributed by atoms with van der Waals surface area (Å²) in [6.07, 6.45) is 1.51. The van der Waals surface area contributed by atoms with Crippen molar-refractivity contribution in [1.82, 2.24) is 14.1 Å². The van der Waals surface area contributed by atoms with Crippen molar-refractivity contribution in [3.05, 3.63) is 111 Å². The monoisotopic (exact) mass is 417 g/mol. The van der Waals surface area contributed by atoms with Crippen LogP contribution in [0, 0.1) is 5.82 Å². The Morgan fingerprint density at radius 1 is 0.933 bits per heavy atom. The Hall–Kier alpha value is -3.44. The predicted molar refractivity (Wildman–Crippen MR) is 118 cm³/mol. The smallest absolute Gasteiger partial charge is 0.278 e. The molecule has 0 unspecified atom stereocenters. The van der Waals surface area contributed by atoms with E-state index in [0.717, 1.165) is 16.6 Å². The summed E-state index contributed by atoms with van der Waals surface area (Å²) in [5.74, 6) is -0.358. The normalized spacial score (nSPS) is 11.4. The van der Waals surface area contributed by atoms with Gasteiger partial charge in [-0.05, 0) is 35.4 Å². The van der Waals surface area contributed by atoms with Gasteiger partial charge in [-0.25, -0.2) is 9.37 Å². The average Bonchev–Trinajstić information content (AvgIpc) is 3.05. The van der Waals surface area contributed by atoms with Crippen molar-refractivity contribution < 1.29 is 4.39 Å². The summed E-state index contributed by atoms with van der Waals surface area (Å²) in [4.78, 5) is 18.0. The number of hydrogen-bond acceptors (Lipinski definition) is 2. The van der Waals surface area contributed by atoms with E-state index in [4.69, 9.17) is 11.6 Å². The molecule has 2 aromatic heterocycles. The molecule has 0 radical (unpaired) electrons. The van der Waals surface area contributed by atoms with Crippen molar-refractivity contribution in [2.45, 2.75) is 13.1 Å². The summed E-state index contributed by atoms with van der Waals surface area (Å²) in [6, 6.07) is 21.8. The molecule has 5 rings (SSSR count). The van der Waals surface area contributed by atoms with Gasteiger partial charge in [0.05, 0.1) is 18.4 Å². The molecule has 0 saturated heterocycles. The standard InChI is InChI=1S/C24H17ClFN3O/c25-20-9-5-4-8-17(20)14-28-15-27-22-19-12-18(26)10-11-21(19)29(23(22)24(28)30)13-16-6-2-1-3-7-16/h1-12,15H,13-14H2. The lowest BCUT2D eigenvalue weighted by Gasteiger charge is -2.10. The highest BCUT2D eigenvalue weighted by atomic mass is 35.5. The molecule has 148 valence electrons. The van der Waals surface area contributed by atoms with E-state index in [1.54, 1.807) is 16.7 Å². The van der Waals surface area contributed by atoms with E-state index in [1.807, 2.05) is 53.1 Å². The number of halogens is 2. The molecule has 5 aromatic rings. The lowest BCUT2D eigenvalue weighted by Crippen LogP contribution is -2.23. The van der Waals surface area contributed by atoms with Gasteiger partial charge in [0.1, 0.15) is 16.9 Å². The van der Waals surface area contributed by atoms with E-state index >= 15 is 0 Å². The Balaban J connectivity index is 1.75. The zero-order valence-electron chi connectivity index (χ0n) is 15.9. The van der Waals surface area contributed by atoms with Gasteiger partial charge in [-0.2, -0.15) is 0 Å². The lowest BCUT2D eigenvalue weighted by molar-refractivity contribution is 0.629. The predicted octanol–water partition coefficient (Wildman–Crippen LogP) is 5.24. The van der Waals surface area contributed by atoms with Gasteiger partial charge in [0.25, 0.3) is 5.56 Å². The van der Waals surface area contributed by atoms with Gasteiger partial charge < -0.3 is 4.57 Å². The van der Waals surface area contributed by atoms with Crippen LogP contribution in [0.15, 0.2) is 83.9 Å². The van der Waals surface area contributed by atoms with Crippen molar-refractivity contribution in [3.8, 4) is 0 Å². The minimum absolute atomic E-state index is 0.188. The number of rotatable bonds is 4. The maximum atomic E-state index is 14.0. The maximum Gasteiger partial charge on any atom is 0.278 e. The third-order valence-electron chi connectivity index (χ3n) is 5.27. The van der Waals surface area contributed by atoms with Crippen molar-refractivity contribution in [1.29, 1.82) is 0 Å². The lowest BCUT2D eigenvalue weighted by atomic mass is 10.2. The fraction of sp³-hybridized carbons (Fsp3) is 0.0833. The summed E-state index contributed by atoms with van der Waals surface area (Å²) >= 11 is 6.28. The summed E-state index contributed by atoms with van der Waals surface area (Å²) in [5, 5.41) is 1.22. The van der Waals surface area contributed by atoms with Gasteiger partial charge in [-0.15, -0.1) is 0 Å². The van der Waals surface area contributed by atoms with Gasteiger partial charge in [-0.3, -0.25) is 9.36 Å². The quantitative estimate of drug-likeness (QED) is 0.401. The van der Waals surface area contributed by atoms with Crippen LogP contribution in [-0.4, -0.2) is 14.1 Å². The molecule has 30 heavy (non-hydrogen) atoms. The Morgan fingerprint density at radius 3 is 2.50 bits per heavy atom. The van der Waals surface area contributed by atoms with E-state index in [-0.39, 0.29) is 11.4 Å². The number of fused-ring (bicyclic) bond motifs is 3. The molecule has 0 aliphatic carbocycles. The van der Waals surface area contributed by atoms with Crippen molar-refractivity contribution >= 4 is 33.5 Å². The van der Waals surface area contributed by atoms with E-state index in [0.29, 0.717) is 34.5 Å². The zero-order valence-corrected chi connectivity index (χ0v) is 16.7. The number of hydrogen-bond donors (Lipinski definition) is 0. The second-order valence-electron chi connectivity index (χ2n) is 7.20. The van der Waals surface area contributed by atoms with E-state index in [2.05, 4.69) is 4.98 Å². The molecule has 0 atom stereocenters. The summed E-state index contributed by atoms with van der Waals surface area (Å²) in [7, 11) is 0.